The van der Waals surface area contributed by atoms with E-state index in [0.29, 0.717) is 17.1 Å². The number of oxime groups is 1. The van der Waals surface area contributed by atoms with Crippen molar-refractivity contribution in [1.29, 1.82) is 0 Å². The summed E-state index contributed by atoms with van der Waals surface area (Å²) in [6, 6.07) is 9.53. The number of halogens is 1. The summed E-state index contributed by atoms with van der Waals surface area (Å²) >= 11 is 0. The highest BCUT2D eigenvalue weighted by Crippen LogP contribution is 2.23. The van der Waals surface area contributed by atoms with E-state index < -0.39 is 0 Å². The summed E-state index contributed by atoms with van der Waals surface area (Å²) in [7, 11) is 0. The first-order valence-corrected chi connectivity index (χ1v) is 4.33. The predicted octanol–water partition coefficient (Wildman–Crippen LogP) is 2.89. The molecular formula is C11H8FNO2. The lowest BCUT2D eigenvalue weighted by Gasteiger charge is -1.97. The second-order valence-electron chi connectivity index (χ2n) is 2.93. The Balaban J connectivity index is 2.42. The molecule has 2 aromatic rings. The van der Waals surface area contributed by atoms with Crippen LogP contribution in [0.4, 0.5) is 4.39 Å². The van der Waals surface area contributed by atoms with E-state index in [4.69, 9.17) is 9.62 Å². The second-order valence-corrected chi connectivity index (χ2v) is 2.93. The summed E-state index contributed by atoms with van der Waals surface area (Å²) in [5.74, 6) is 0.429. The standard InChI is InChI=1S/C11H8FNO2/c12-10-4-2-1-3-9(10)11-6-5-8(15-11)7-13-14/h1-7,14H. The third-order valence-corrected chi connectivity index (χ3v) is 1.95. The molecule has 76 valence electrons. The molecule has 0 fully saturated rings. The van der Waals surface area contributed by atoms with Crippen LogP contribution in [0.1, 0.15) is 5.76 Å². The van der Waals surface area contributed by atoms with Crippen molar-refractivity contribution < 1.29 is 14.0 Å². The maximum Gasteiger partial charge on any atom is 0.149 e. The van der Waals surface area contributed by atoms with Gasteiger partial charge in [0.25, 0.3) is 0 Å². The molecule has 0 atom stereocenters. The third kappa shape index (κ3) is 1.88. The van der Waals surface area contributed by atoms with Gasteiger partial charge in [-0.25, -0.2) is 4.39 Å². The molecule has 1 aromatic heterocycles. The van der Waals surface area contributed by atoms with Gasteiger partial charge in [-0.3, -0.25) is 0 Å². The third-order valence-electron chi connectivity index (χ3n) is 1.95. The molecule has 0 aliphatic rings. The van der Waals surface area contributed by atoms with Crippen LogP contribution in [-0.4, -0.2) is 11.4 Å². The zero-order chi connectivity index (χ0) is 10.7. The van der Waals surface area contributed by atoms with E-state index in [0.717, 1.165) is 6.21 Å². The van der Waals surface area contributed by atoms with Gasteiger partial charge in [0, 0.05) is 0 Å². The van der Waals surface area contributed by atoms with Crippen LogP contribution in [0, 0.1) is 5.82 Å². The predicted molar refractivity (Wildman–Crippen MR) is 53.5 cm³/mol. The van der Waals surface area contributed by atoms with Gasteiger partial charge >= 0.3 is 0 Å². The first-order valence-electron chi connectivity index (χ1n) is 4.33. The number of benzene rings is 1. The van der Waals surface area contributed by atoms with Crippen molar-refractivity contribution >= 4 is 6.21 Å². The molecule has 1 aromatic carbocycles. The molecule has 3 nitrogen and oxygen atoms in total. The normalized spacial score (nSPS) is 11.0. The summed E-state index contributed by atoms with van der Waals surface area (Å²) < 4.78 is 18.6. The molecule has 0 amide bonds. The first-order chi connectivity index (χ1) is 7.31. The van der Waals surface area contributed by atoms with Crippen molar-refractivity contribution in [2.24, 2.45) is 5.16 Å². The molecule has 0 spiro atoms. The van der Waals surface area contributed by atoms with E-state index >= 15 is 0 Å². The number of furan rings is 1. The van der Waals surface area contributed by atoms with Gasteiger partial charge in [-0.15, -0.1) is 0 Å². The molecule has 0 saturated heterocycles. The van der Waals surface area contributed by atoms with Crippen LogP contribution >= 0.6 is 0 Å². The smallest absolute Gasteiger partial charge is 0.149 e. The highest BCUT2D eigenvalue weighted by atomic mass is 19.1. The monoisotopic (exact) mass is 205 g/mol. The van der Waals surface area contributed by atoms with E-state index in [1.54, 1.807) is 30.3 Å². The van der Waals surface area contributed by atoms with Crippen molar-refractivity contribution in [2.45, 2.75) is 0 Å². The first kappa shape index (κ1) is 9.45. The number of nitrogens with zero attached hydrogens (tertiary/aromatic N) is 1. The van der Waals surface area contributed by atoms with Crippen LogP contribution in [0.2, 0.25) is 0 Å². The van der Waals surface area contributed by atoms with Crippen molar-refractivity contribution in [1.82, 2.24) is 0 Å². The Morgan fingerprint density at radius 2 is 2.00 bits per heavy atom. The Morgan fingerprint density at radius 1 is 1.20 bits per heavy atom. The van der Waals surface area contributed by atoms with Crippen molar-refractivity contribution in [3.63, 3.8) is 0 Å². The number of hydrogen-bond acceptors (Lipinski definition) is 3. The zero-order valence-electron chi connectivity index (χ0n) is 7.72. The Kier molecular flexibility index (Phi) is 2.49. The number of rotatable bonds is 2. The fourth-order valence-electron chi connectivity index (χ4n) is 1.28. The van der Waals surface area contributed by atoms with Gasteiger partial charge in [0.2, 0.25) is 0 Å². The fourth-order valence-corrected chi connectivity index (χ4v) is 1.28. The molecule has 4 heteroatoms. The highest BCUT2D eigenvalue weighted by molar-refractivity contribution is 5.76. The van der Waals surface area contributed by atoms with Crippen LogP contribution < -0.4 is 0 Å². The molecule has 2 rings (SSSR count). The average Bonchev–Trinajstić information content (AvgIpc) is 2.68. The van der Waals surface area contributed by atoms with E-state index in [1.807, 2.05) is 0 Å². The molecule has 0 saturated carbocycles. The lowest BCUT2D eigenvalue weighted by Crippen LogP contribution is -1.80. The highest BCUT2D eigenvalue weighted by Gasteiger charge is 2.07. The van der Waals surface area contributed by atoms with Gasteiger partial charge in [0.05, 0.1) is 5.56 Å². The maximum absolute atomic E-state index is 13.3. The summed E-state index contributed by atoms with van der Waals surface area (Å²) in [6.07, 6.45) is 1.14. The van der Waals surface area contributed by atoms with Crippen LogP contribution in [0.3, 0.4) is 0 Å². The van der Waals surface area contributed by atoms with Gasteiger partial charge in [-0.1, -0.05) is 17.3 Å². The maximum atomic E-state index is 13.3. The molecule has 15 heavy (non-hydrogen) atoms. The molecule has 0 aliphatic heterocycles. The van der Waals surface area contributed by atoms with Gasteiger partial charge < -0.3 is 9.62 Å². The van der Waals surface area contributed by atoms with Gasteiger partial charge in [0.1, 0.15) is 23.6 Å². The SMILES string of the molecule is ON=Cc1ccc(-c2ccccc2F)o1. The minimum absolute atomic E-state index is 0.348. The molecule has 1 heterocycles. The quantitative estimate of drug-likeness (QED) is 0.465. The van der Waals surface area contributed by atoms with Crippen molar-refractivity contribution in [2.75, 3.05) is 0 Å². The second kappa shape index (κ2) is 3.96. The zero-order valence-corrected chi connectivity index (χ0v) is 7.72. The van der Waals surface area contributed by atoms with Crippen LogP contribution in [0.15, 0.2) is 46.0 Å². The molecule has 1 N–H and O–H groups in total. The fraction of sp³-hybridized carbons (Fsp3) is 0. The van der Waals surface area contributed by atoms with E-state index in [2.05, 4.69) is 5.16 Å². The Labute approximate surface area is 85.5 Å². The Morgan fingerprint density at radius 3 is 2.73 bits per heavy atom. The van der Waals surface area contributed by atoms with Crippen molar-refractivity contribution in [3.8, 4) is 11.3 Å². The summed E-state index contributed by atoms with van der Waals surface area (Å²) in [4.78, 5) is 0. The number of hydrogen-bond donors (Lipinski definition) is 1. The Bertz CT molecular complexity index is 491. The lowest BCUT2D eigenvalue weighted by atomic mass is 10.1. The molecular weight excluding hydrogens is 197 g/mol. The van der Waals surface area contributed by atoms with Gasteiger partial charge in [-0.2, -0.15) is 0 Å². The van der Waals surface area contributed by atoms with Gasteiger partial charge in [-0.05, 0) is 24.3 Å². The molecule has 0 radical (unpaired) electrons. The van der Waals surface area contributed by atoms with E-state index in [-0.39, 0.29) is 5.82 Å². The van der Waals surface area contributed by atoms with Crippen LogP contribution in [0.25, 0.3) is 11.3 Å². The summed E-state index contributed by atoms with van der Waals surface area (Å²) in [5, 5.41) is 11.1. The largest absolute Gasteiger partial charge is 0.455 e. The minimum atomic E-state index is -0.348. The average molecular weight is 205 g/mol. The lowest BCUT2D eigenvalue weighted by molar-refractivity contribution is 0.321. The molecule has 0 unspecified atom stereocenters. The summed E-state index contributed by atoms with van der Waals surface area (Å²) in [5.41, 5.74) is 0.384. The Hall–Kier alpha value is -2.10. The van der Waals surface area contributed by atoms with E-state index in [9.17, 15) is 4.39 Å². The summed E-state index contributed by atoms with van der Waals surface area (Å²) in [6.45, 7) is 0. The minimum Gasteiger partial charge on any atom is -0.455 e. The van der Waals surface area contributed by atoms with E-state index in [1.165, 1.54) is 6.07 Å². The van der Waals surface area contributed by atoms with Crippen molar-refractivity contribution in [3.05, 3.63) is 48.0 Å². The molecule has 0 aliphatic carbocycles. The van der Waals surface area contributed by atoms with Crippen LogP contribution in [0.5, 0.6) is 0 Å². The van der Waals surface area contributed by atoms with Gasteiger partial charge in [0.15, 0.2) is 0 Å². The molecule has 0 bridgehead atoms. The van der Waals surface area contributed by atoms with Crippen LogP contribution in [-0.2, 0) is 0 Å². The topological polar surface area (TPSA) is 45.7 Å².